The first-order valence-corrected chi connectivity index (χ1v) is 16.5. The zero-order valence-electron chi connectivity index (χ0n) is 28.8. The summed E-state index contributed by atoms with van der Waals surface area (Å²) in [6.45, 7) is 4.96. The van der Waals surface area contributed by atoms with E-state index in [1.165, 1.54) is 6.92 Å². The van der Waals surface area contributed by atoms with Crippen molar-refractivity contribution in [1.29, 1.82) is 0 Å². The summed E-state index contributed by atoms with van der Waals surface area (Å²) in [5, 5.41) is 24.1. The van der Waals surface area contributed by atoms with Gasteiger partial charge in [-0.3, -0.25) is 19.2 Å². The molecule has 0 fully saturated rings. The fourth-order valence-corrected chi connectivity index (χ4v) is 4.65. The first-order chi connectivity index (χ1) is 21.1. The third-order valence-corrected chi connectivity index (χ3v) is 7.56. The number of unbranched alkanes of at least 4 members (excludes halogenated alkanes) is 4. The molecule has 0 radical (unpaired) electrons. The van der Waals surface area contributed by atoms with Gasteiger partial charge in [-0.1, -0.05) is 19.3 Å². The molecular formula is C31H67N9O4. The molecule has 4 atom stereocenters. The topological polar surface area (TPSA) is 191 Å². The molecule has 0 rings (SSSR count). The van der Waals surface area contributed by atoms with Crippen molar-refractivity contribution < 1.29 is 19.2 Å². The van der Waals surface area contributed by atoms with Gasteiger partial charge in [0.25, 0.3) is 0 Å². The Morgan fingerprint density at radius 2 is 0.864 bits per heavy atom. The van der Waals surface area contributed by atoms with Crippen LogP contribution in [-0.2, 0) is 19.2 Å². The Hall–Kier alpha value is -2.16. The molecule has 3 amide bonds. The lowest BCUT2D eigenvalue weighted by molar-refractivity contribution is -0.128. The van der Waals surface area contributed by atoms with Crippen LogP contribution in [0.15, 0.2) is 0 Å². The third-order valence-electron chi connectivity index (χ3n) is 7.56. The highest BCUT2D eigenvalue weighted by atomic mass is 16.2. The lowest BCUT2D eigenvalue weighted by atomic mass is 10.0. The fraction of sp³-hybridized carbons (Fsp3) is 0.871. The number of nitrogens with one attached hydrogen (secondary N) is 8. The molecule has 0 aromatic carbocycles. The third kappa shape index (κ3) is 24.2. The van der Waals surface area contributed by atoms with Gasteiger partial charge in [0.1, 0.15) is 0 Å². The summed E-state index contributed by atoms with van der Waals surface area (Å²) in [6, 6.07) is -1.12. The number of likely N-dealkylation sites (N-methyl/N-ethyl adjacent to an activating group) is 3. The van der Waals surface area contributed by atoms with E-state index < -0.39 is 6.04 Å². The van der Waals surface area contributed by atoms with E-state index in [9.17, 15) is 19.2 Å². The number of ketones is 1. The molecule has 0 unspecified atom stereocenters. The zero-order chi connectivity index (χ0) is 33.6. The summed E-state index contributed by atoms with van der Waals surface area (Å²) in [7, 11) is 11.1. The Morgan fingerprint density at radius 3 is 1.23 bits per heavy atom. The van der Waals surface area contributed by atoms with E-state index in [2.05, 4.69) is 42.5 Å². The smallest absolute Gasteiger partial charge is 0.237 e. The second kappa shape index (κ2) is 30.8. The van der Waals surface area contributed by atoms with Gasteiger partial charge in [0.2, 0.25) is 17.7 Å². The van der Waals surface area contributed by atoms with Crippen LogP contribution < -0.4 is 48.3 Å². The van der Waals surface area contributed by atoms with E-state index in [-0.39, 0.29) is 41.6 Å². The van der Waals surface area contributed by atoms with Crippen LogP contribution in [0.25, 0.3) is 0 Å². The van der Waals surface area contributed by atoms with Crippen LogP contribution in [0.1, 0.15) is 84.0 Å². The van der Waals surface area contributed by atoms with E-state index in [0.29, 0.717) is 13.0 Å². The molecule has 0 aliphatic carbocycles. The van der Waals surface area contributed by atoms with Gasteiger partial charge in [-0.15, -0.1) is 0 Å². The predicted molar refractivity (Wildman–Crippen MR) is 181 cm³/mol. The minimum absolute atomic E-state index is 0.0171. The van der Waals surface area contributed by atoms with Crippen molar-refractivity contribution in [3.8, 4) is 0 Å². The number of nitrogens with two attached hydrogens (primary N) is 1. The van der Waals surface area contributed by atoms with E-state index in [0.717, 1.165) is 90.3 Å². The highest BCUT2D eigenvalue weighted by molar-refractivity contribution is 5.89. The van der Waals surface area contributed by atoms with Crippen LogP contribution in [0.3, 0.4) is 0 Å². The van der Waals surface area contributed by atoms with Crippen molar-refractivity contribution in [2.45, 2.75) is 108 Å². The summed E-state index contributed by atoms with van der Waals surface area (Å²) in [5.74, 6) is -0.407. The van der Waals surface area contributed by atoms with Gasteiger partial charge in [0, 0.05) is 6.54 Å². The largest absolute Gasteiger partial charge is 0.368 e. The molecule has 0 aliphatic heterocycles. The highest BCUT2D eigenvalue weighted by Gasteiger charge is 2.22. The van der Waals surface area contributed by atoms with E-state index in [1.807, 2.05) is 28.2 Å². The first-order valence-electron chi connectivity index (χ1n) is 16.5. The molecular weight excluding hydrogens is 562 g/mol. The van der Waals surface area contributed by atoms with Crippen molar-refractivity contribution in [3.05, 3.63) is 0 Å². The Balaban J connectivity index is 0. The van der Waals surface area contributed by atoms with Gasteiger partial charge < -0.3 is 48.3 Å². The number of primary amides is 1. The molecule has 0 aliphatic rings. The molecule has 44 heavy (non-hydrogen) atoms. The number of amides is 3. The predicted octanol–water partition coefficient (Wildman–Crippen LogP) is -0.248. The van der Waals surface area contributed by atoms with Crippen LogP contribution in [0, 0.1) is 0 Å². The minimum atomic E-state index is -0.483. The van der Waals surface area contributed by atoms with E-state index >= 15 is 0 Å². The lowest BCUT2D eigenvalue weighted by Gasteiger charge is -2.21. The van der Waals surface area contributed by atoms with Crippen LogP contribution >= 0.6 is 0 Å². The molecule has 260 valence electrons. The summed E-state index contributed by atoms with van der Waals surface area (Å²) in [4.78, 5) is 47.6. The molecule has 0 aromatic heterocycles. The maximum Gasteiger partial charge on any atom is 0.237 e. The monoisotopic (exact) mass is 630 g/mol. The maximum atomic E-state index is 12.6. The average molecular weight is 630 g/mol. The molecule has 0 saturated carbocycles. The molecule has 0 saturated heterocycles. The van der Waals surface area contributed by atoms with Crippen molar-refractivity contribution in [2.24, 2.45) is 5.73 Å². The van der Waals surface area contributed by atoms with Gasteiger partial charge in [-0.25, -0.2) is 0 Å². The first kappa shape index (κ1) is 44.0. The maximum absolute atomic E-state index is 12.6. The summed E-state index contributed by atoms with van der Waals surface area (Å²) < 4.78 is 0. The highest BCUT2D eigenvalue weighted by Crippen LogP contribution is 2.06. The normalized spacial score (nSPS) is 13.6. The van der Waals surface area contributed by atoms with Crippen LogP contribution in [0.2, 0.25) is 0 Å². The van der Waals surface area contributed by atoms with Gasteiger partial charge in [-0.05, 0) is 127 Å². The second-order valence-corrected chi connectivity index (χ2v) is 11.2. The van der Waals surface area contributed by atoms with Crippen LogP contribution in [0.4, 0.5) is 0 Å². The van der Waals surface area contributed by atoms with Gasteiger partial charge in [-0.2, -0.15) is 0 Å². The summed E-state index contributed by atoms with van der Waals surface area (Å²) in [5.41, 5.74) is 5.14. The summed E-state index contributed by atoms with van der Waals surface area (Å²) in [6.07, 6.45) is 10.6. The van der Waals surface area contributed by atoms with Crippen LogP contribution in [-0.4, -0.2) is 116 Å². The number of hydrogen-bond donors (Lipinski definition) is 9. The van der Waals surface area contributed by atoms with Crippen LogP contribution in [0.5, 0.6) is 0 Å². The van der Waals surface area contributed by atoms with Gasteiger partial charge in [0.15, 0.2) is 5.78 Å². The second-order valence-electron chi connectivity index (χ2n) is 11.2. The molecule has 0 bridgehead atoms. The van der Waals surface area contributed by atoms with E-state index in [4.69, 9.17) is 5.73 Å². The number of Topliss-reactive ketones (excluding diaryl/α,β-unsaturated/α-hetero) is 1. The molecule has 0 spiro atoms. The van der Waals surface area contributed by atoms with Crippen molar-refractivity contribution in [1.82, 2.24) is 42.5 Å². The molecule has 0 heterocycles. The van der Waals surface area contributed by atoms with Gasteiger partial charge in [0.05, 0.1) is 24.2 Å². The van der Waals surface area contributed by atoms with Crippen molar-refractivity contribution >= 4 is 23.5 Å². The number of rotatable bonds is 28. The molecule has 13 nitrogen and oxygen atoms in total. The Bertz CT molecular complexity index is 743. The van der Waals surface area contributed by atoms with Crippen molar-refractivity contribution in [3.63, 3.8) is 0 Å². The van der Waals surface area contributed by atoms with Gasteiger partial charge >= 0.3 is 0 Å². The minimum Gasteiger partial charge on any atom is -0.368 e. The summed E-state index contributed by atoms with van der Waals surface area (Å²) >= 11 is 0. The molecule has 13 heteroatoms. The Morgan fingerprint density at radius 1 is 0.500 bits per heavy atom. The molecule has 0 aromatic rings. The number of carbonyl (C=O) groups is 4. The Kier molecular flexibility index (Phi) is 30.8. The number of carbonyl (C=O) groups excluding carboxylic acids is 4. The Labute approximate surface area is 267 Å². The van der Waals surface area contributed by atoms with Crippen molar-refractivity contribution in [2.75, 3.05) is 68.5 Å². The fourth-order valence-electron chi connectivity index (χ4n) is 4.65. The lowest BCUT2D eigenvalue weighted by Crippen LogP contribution is -2.49. The quantitative estimate of drug-likeness (QED) is 0.0522. The standard InChI is InChI=1S/C23H48N6O3.C8H19N3O/c1-18(30)19(29-23(32)21(27-5)14-7-10-16-25-3)12-8-11-17-28-22(31)20(26-4)13-6-9-15-24-2;1-10-6-4-3-5-7(11-2)8(9)12/h19-21,24-27H,6-17H2,1-5H3,(H,28,31)(H,29,32);7,10-11H,3-6H2,1-2H3,(H2,9,12)/t19-,20-,21-;7-/m00/s1. The molecule has 10 N–H and O–H groups in total. The average Bonchev–Trinajstić information content (AvgIpc) is 3.00. The van der Waals surface area contributed by atoms with E-state index in [1.54, 1.807) is 14.1 Å². The zero-order valence-corrected chi connectivity index (χ0v) is 28.8. The SMILES string of the molecule is CNCCCC[C@H](NC)C(=O)NCCCC[C@H](NC(=O)[C@H](CCCCNC)NC)C(C)=O.CNCCCC[C@H](NC)C(N)=O. The number of hydrogen-bond acceptors (Lipinski definition) is 10.